The van der Waals surface area contributed by atoms with E-state index in [2.05, 4.69) is 0 Å². The molecule has 1 aromatic carbocycles. The maximum Gasteiger partial charge on any atom is 0.491 e. The molecular formula is C19H25BO5S. The molecule has 1 aliphatic rings. The monoisotopic (exact) mass is 376 g/mol. The molecule has 0 aliphatic carbocycles. The van der Waals surface area contributed by atoms with Crippen molar-refractivity contribution in [2.75, 3.05) is 5.75 Å². The fraction of sp³-hybridized carbons (Fsp3) is 0.474. The lowest BCUT2D eigenvalue weighted by molar-refractivity contribution is -0.109. The molecule has 0 aromatic heterocycles. The van der Waals surface area contributed by atoms with E-state index in [1.807, 2.05) is 40.7 Å². The first-order chi connectivity index (χ1) is 11.9. The van der Waals surface area contributed by atoms with Gasteiger partial charge < -0.3 is 14.4 Å². The van der Waals surface area contributed by atoms with Gasteiger partial charge >= 0.3 is 13.1 Å². The number of thioether (sulfide) groups is 1. The Kier molecular flexibility index (Phi) is 6.05. The normalized spacial score (nSPS) is 18.8. The number of benzene rings is 1. The van der Waals surface area contributed by atoms with Crippen molar-refractivity contribution in [1.82, 2.24) is 0 Å². The second kappa shape index (κ2) is 7.58. The zero-order chi connectivity index (χ0) is 19.7. The van der Waals surface area contributed by atoms with Crippen LogP contribution in [-0.2, 0) is 14.1 Å². The number of hydrogen-bond acceptors (Lipinski definition) is 5. The minimum Gasteiger partial charge on any atom is -0.478 e. The minimum absolute atomic E-state index is 0.0187. The van der Waals surface area contributed by atoms with E-state index in [9.17, 15) is 14.7 Å². The smallest absolute Gasteiger partial charge is 0.478 e. The van der Waals surface area contributed by atoms with Crippen molar-refractivity contribution < 1.29 is 24.0 Å². The van der Waals surface area contributed by atoms with Gasteiger partial charge in [-0.15, -0.1) is 0 Å². The Hall–Kier alpha value is -1.57. The van der Waals surface area contributed by atoms with Crippen LogP contribution >= 0.6 is 11.8 Å². The van der Waals surface area contributed by atoms with Gasteiger partial charge in [0.25, 0.3) is 0 Å². The van der Waals surface area contributed by atoms with Crippen molar-refractivity contribution in [1.29, 1.82) is 0 Å². The van der Waals surface area contributed by atoms with Gasteiger partial charge in [0.15, 0.2) is 5.12 Å². The van der Waals surface area contributed by atoms with Crippen LogP contribution in [0.5, 0.6) is 0 Å². The van der Waals surface area contributed by atoms with Crippen LogP contribution in [-0.4, -0.2) is 40.3 Å². The second-order valence-corrected chi connectivity index (χ2v) is 8.64. The van der Waals surface area contributed by atoms with Gasteiger partial charge in [-0.3, -0.25) is 4.79 Å². The number of carbonyl (C=O) groups excluding carboxylic acids is 1. The van der Waals surface area contributed by atoms with E-state index in [1.54, 1.807) is 18.2 Å². The molecule has 140 valence electrons. The van der Waals surface area contributed by atoms with Crippen molar-refractivity contribution >= 4 is 36.0 Å². The third-order valence-corrected chi connectivity index (χ3v) is 5.66. The van der Waals surface area contributed by atoms with Crippen LogP contribution in [0.15, 0.2) is 23.7 Å². The molecule has 1 saturated heterocycles. The summed E-state index contributed by atoms with van der Waals surface area (Å²) in [6, 6.07) is 5.26. The van der Waals surface area contributed by atoms with E-state index in [0.717, 1.165) is 22.8 Å². The number of aromatic carboxylic acids is 1. The maximum absolute atomic E-state index is 11.6. The zero-order valence-electron chi connectivity index (χ0n) is 16.1. The van der Waals surface area contributed by atoms with Gasteiger partial charge in [-0.05, 0) is 51.7 Å². The van der Waals surface area contributed by atoms with Crippen LogP contribution in [0.4, 0.5) is 0 Å². The average Bonchev–Trinajstić information content (AvgIpc) is 2.72. The van der Waals surface area contributed by atoms with E-state index in [0.29, 0.717) is 11.3 Å². The van der Waals surface area contributed by atoms with Crippen molar-refractivity contribution in [2.24, 2.45) is 0 Å². The molecule has 1 aromatic rings. The predicted octanol–water partition coefficient (Wildman–Crippen LogP) is 3.99. The summed E-state index contributed by atoms with van der Waals surface area (Å²) in [4.78, 5) is 23.0. The fourth-order valence-electron chi connectivity index (χ4n) is 2.54. The van der Waals surface area contributed by atoms with Crippen molar-refractivity contribution in [3.05, 3.63) is 40.4 Å². The minimum atomic E-state index is -0.993. The molecule has 0 atom stereocenters. The molecule has 0 saturated carbocycles. The van der Waals surface area contributed by atoms with Crippen LogP contribution in [0, 0.1) is 6.92 Å². The summed E-state index contributed by atoms with van der Waals surface area (Å²) < 4.78 is 12.2. The highest BCUT2D eigenvalue weighted by Gasteiger charge is 2.52. The Labute approximate surface area is 159 Å². The van der Waals surface area contributed by atoms with Gasteiger partial charge in [-0.2, -0.15) is 0 Å². The Morgan fingerprint density at radius 1 is 1.19 bits per heavy atom. The average molecular weight is 376 g/mol. The Morgan fingerprint density at radius 2 is 1.77 bits per heavy atom. The van der Waals surface area contributed by atoms with Crippen LogP contribution < -0.4 is 0 Å². The number of hydrogen-bond donors (Lipinski definition) is 1. The highest BCUT2D eigenvalue weighted by atomic mass is 32.2. The van der Waals surface area contributed by atoms with Gasteiger partial charge in [0.1, 0.15) is 0 Å². The van der Waals surface area contributed by atoms with Crippen LogP contribution in [0.3, 0.4) is 0 Å². The Balaban J connectivity index is 2.45. The molecule has 26 heavy (non-hydrogen) atoms. The standard InChI is InChI=1S/C19H25BO5S/c1-12-7-8-14(16(9-12)17(22)23)10-15(11-26-13(2)21)20-24-18(3,4)19(5,6)25-20/h7-10H,11H2,1-6H3,(H,22,23). The van der Waals surface area contributed by atoms with E-state index < -0.39 is 24.3 Å². The third kappa shape index (κ3) is 4.58. The molecule has 0 unspecified atom stereocenters. The first kappa shape index (κ1) is 20.7. The molecule has 2 rings (SSSR count). The van der Waals surface area contributed by atoms with Gasteiger partial charge in [0.2, 0.25) is 0 Å². The molecular weight excluding hydrogens is 351 g/mol. The van der Waals surface area contributed by atoms with Gasteiger partial charge in [0.05, 0.1) is 16.8 Å². The van der Waals surface area contributed by atoms with Gasteiger partial charge in [-0.1, -0.05) is 35.5 Å². The summed E-state index contributed by atoms with van der Waals surface area (Å²) in [6.07, 6.45) is 1.76. The molecule has 1 N–H and O–H groups in total. The van der Waals surface area contributed by atoms with E-state index in [-0.39, 0.29) is 10.7 Å². The number of rotatable bonds is 5. The second-order valence-electron chi connectivity index (χ2n) is 7.48. The summed E-state index contributed by atoms with van der Waals surface area (Å²) in [7, 11) is -0.630. The lowest BCUT2D eigenvalue weighted by atomic mass is 9.78. The lowest BCUT2D eigenvalue weighted by Crippen LogP contribution is -2.41. The molecule has 1 aliphatic heterocycles. The maximum atomic E-state index is 11.6. The number of carbonyl (C=O) groups is 2. The van der Waals surface area contributed by atoms with Crippen molar-refractivity contribution in [3.8, 4) is 0 Å². The summed E-state index contributed by atoms with van der Waals surface area (Å²) in [5, 5.41) is 9.48. The van der Waals surface area contributed by atoms with E-state index in [1.165, 1.54) is 6.92 Å². The molecule has 1 heterocycles. The van der Waals surface area contributed by atoms with Crippen molar-refractivity contribution in [3.63, 3.8) is 0 Å². The number of aryl methyl sites for hydroxylation is 1. The molecule has 7 heteroatoms. The molecule has 1 fully saturated rings. The van der Waals surface area contributed by atoms with E-state index in [4.69, 9.17) is 9.31 Å². The molecule has 0 amide bonds. The summed E-state index contributed by atoms with van der Waals surface area (Å²) in [5.74, 6) is -0.619. The van der Waals surface area contributed by atoms with Crippen molar-refractivity contribution in [2.45, 2.75) is 52.7 Å². The van der Waals surface area contributed by atoms with Crippen LogP contribution in [0.2, 0.25) is 0 Å². The topological polar surface area (TPSA) is 72.8 Å². The quantitative estimate of drug-likeness (QED) is 0.784. The molecule has 0 bridgehead atoms. The number of carboxylic acid groups (broad SMARTS) is 1. The largest absolute Gasteiger partial charge is 0.491 e. The SMILES string of the molecule is CC(=O)SCC(=Cc1ccc(C)cc1C(=O)O)B1OC(C)(C)C(C)(C)O1. The Bertz CT molecular complexity index is 738. The highest BCUT2D eigenvalue weighted by molar-refractivity contribution is 8.13. The predicted molar refractivity (Wildman–Crippen MR) is 105 cm³/mol. The van der Waals surface area contributed by atoms with Gasteiger partial charge in [-0.25, -0.2) is 4.79 Å². The molecule has 0 radical (unpaired) electrons. The fourth-order valence-corrected chi connectivity index (χ4v) is 3.13. The van der Waals surface area contributed by atoms with Gasteiger partial charge in [0, 0.05) is 12.7 Å². The summed E-state index contributed by atoms with van der Waals surface area (Å²) in [6.45, 7) is 11.2. The molecule has 5 nitrogen and oxygen atoms in total. The highest BCUT2D eigenvalue weighted by Crippen LogP contribution is 2.39. The summed E-state index contributed by atoms with van der Waals surface area (Å²) in [5.41, 5.74) is 1.36. The van der Waals surface area contributed by atoms with E-state index >= 15 is 0 Å². The first-order valence-electron chi connectivity index (χ1n) is 8.46. The lowest BCUT2D eigenvalue weighted by Gasteiger charge is -2.32. The van der Waals surface area contributed by atoms with Crippen LogP contribution in [0.1, 0.15) is 56.1 Å². The summed E-state index contributed by atoms with van der Waals surface area (Å²) >= 11 is 1.15. The third-order valence-electron chi connectivity index (χ3n) is 4.78. The Morgan fingerprint density at radius 3 is 2.27 bits per heavy atom. The first-order valence-corrected chi connectivity index (χ1v) is 9.45. The zero-order valence-corrected chi connectivity index (χ0v) is 16.9. The number of carboxylic acids is 1. The van der Waals surface area contributed by atoms with Crippen LogP contribution in [0.25, 0.3) is 6.08 Å². The molecule has 0 spiro atoms.